The second-order valence-electron chi connectivity index (χ2n) is 3.87. The van der Waals surface area contributed by atoms with Gasteiger partial charge in [0.2, 0.25) is 0 Å². The van der Waals surface area contributed by atoms with Crippen LogP contribution >= 0.6 is 0 Å². The van der Waals surface area contributed by atoms with Crippen LogP contribution < -0.4 is 0 Å². The lowest BCUT2D eigenvalue weighted by Gasteiger charge is -2.28. The Morgan fingerprint density at radius 1 is 1.50 bits per heavy atom. The summed E-state index contributed by atoms with van der Waals surface area (Å²) in [7, 11) is 0. The number of rotatable bonds is 4. The van der Waals surface area contributed by atoms with E-state index in [9.17, 15) is 4.79 Å². The van der Waals surface area contributed by atoms with E-state index in [0.717, 1.165) is 12.5 Å². The standard InChI is InChI=1S/C11H18O3/c1-9-5-2-3-6-10(9)14-8-4-7-11(12)13/h4,7,9-10H,2-3,5-6,8H2,1H3,(H,12,13)/b7-4+. The number of carboxylic acids is 1. The molecule has 1 aliphatic rings. The molecule has 0 aromatic carbocycles. The fraction of sp³-hybridized carbons (Fsp3) is 0.727. The number of aliphatic carboxylic acids is 1. The molecular formula is C11H18O3. The largest absolute Gasteiger partial charge is 0.478 e. The van der Waals surface area contributed by atoms with Crippen molar-refractivity contribution in [2.24, 2.45) is 5.92 Å². The van der Waals surface area contributed by atoms with Crippen LogP contribution in [0.2, 0.25) is 0 Å². The van der Waals surface area contributed by atoms with Gasteiger partial charge in [-0.1, -0.05) is 25.8 Å². The molecular weight excluding hydrogens is 180 g/mol. The Bertz CT molecular complexity index is 211. The monoisotopic (exact) mass is 198 g/mol. The molecule has 1 aliphatic carbocycles. The Hall–Kier alpha value is -0.830. The third-order valence-electron chi connectivity index (χ3n) is 2.70. The molecule has 0 heterocycles. The maximum Gasteiger partial charge on any atom is 0.328 e. The maximum atomic E-state index is 10.2. The van der Waals surface area contributed by atoms with Crippen molar-refractivity contribution in [2.45, 2.75) is 38.7 Å². The Morgan fingerprint density at radius 2 is 2.21 bits per heavy atom. The fourth-order valence-corrected chi connectivity index (χ4v) is 1.86. The topological polar surface area (TPSA) is 46.5 Å². The second kappa shape index (κ2) is 5.81. The molecule has 1 N–H and O–H groups in total. The van der Waals surface area contributed by atoms with Gasteiger partial charge in [-0.15, -0.1) is 0 Å². The van der Waals surface area contributed by atoms with E-state index >= 15 is 0 Å². The van der Waals surface area contributed by atoms with Gasteiger partial charge in [0.05, 0.1) is 12.7 Å². The molecule has 1 rings (SSSR count). The Labute approximate surface area is 84.8 Å². The number of hydrogen-bond donors (Lipinski definition) is 1. The lowest BCUT2D eigenvalue weighted by Crippen LogP contribution is -2.25. The summed E-state index contributed by atoms with van der Waals surface area (Å²) in [5, 5.41) is 8.36. The quantitative estimate of drug-likeness (QED) is 0.704. The highest BCUT2D eigenvalue weighted by Gasteiger charge is 2.20. The van der Waals surface area contributed by atoms with Gasteiger partial charge in [-0.2, -0.15) is 0 Å². The summed E-state index contributed by atoms with van der Waals surface area (Å²) >= 11 is 0. The van der Waals surface area contributed by atoms with Crippen LogP contribution in [-0.4, -0.2) is 23.8 Å². The van der Waals surface area contributed by atoms with E-state index < -0.39 is 5.97 Å². The van der Waals surface area contributed by atoms with E-state index in [1.165, 1.54) is 19.3 Å². The van der Waals surface area contributed by atoms with Crippen molar-refractivity contribution < 1.29 is 14.6 Å². The van der Waals surface area contributed by atoms with Crippen LogP contribution in [0.3, 0.4) is 0 Å². The molecule has 0 bridgehead atoms. The first kappa shape index (κ1) is 11.2. The van der Waals surface area contributed by atoms with Gasteiger partial charge in [-0.3, -0.25) is 0 Å². The molecule has 1 saturated carbocycles. The zero-order chi connectivity index (χ0) is 10.4. The highest BCUT2D eigenvalue weighted by atomic mass is 16.5. The van der Waals surface area contributed by atoms with E-state index in [1.807, 2.05) is 0 Å². The molecule has 1 fully saturated rings. The fourth-order valence-electron chi connectivity index (χ4n) is 1.86. The highest BCUT2D eigenvalue weighted by Crippen LogP contribution is 2.26. The van der Waals surface area contributed by atoms with Gasteiger partial charge in [0.1, 0.15) is 0 Å². The van der Waals surface area contributed by atoms with Gasteiger partial charge in [0.25, 0.3) is 0 Å². The first-order chi connectivity index (χ1) is 6.70. The first-order valence-corrected chi connectivity index (χ1v) is 5.21. The predicted octanol–water partition coefficient (Wildman–Crippen LogP) is 2.22. The first-order valence-electron chi connectivity index (χ1n) is 5.21. The lowest BCUT2D eigenvalue weighted by atomic mass is 9.88. The molecule has 2 atom stereocenters. The zero-order valence-corrected chi connectivity index (χ0v) is 8.61. The summed E-state index contributed by atoms with van der Waals surface area (Å²) in [6.45, 7) is 2.62. The summed E-state index contributed by atoms with van der Waals surface area (Å²) in [5.41, 5.74) is 0. The summed E-state index contributed by atoms with van der Waals surface area (Å²) in [4.78, 5) is 10.2. The van der Waals surface area contributed by atoms with Gasteiger partial charge in [0.15, 0.2) is 0 Å². The summed E-state index contributed by atoms with van der Waals surface area (Å²) in [5.74, 6) is -0.299. The van der Waals surface area contributed by atoms with Crippen LogP contribution in [-0.2, 0) is 9.53 Å². The minimum Gasteiger partial charge on any atom is -0.478 e. The van der Waals surface area contributed by atoms with Crippen LogP contribution in [0.4, 0.5) is 0 Å². The van der Waals surface area contributed by atoms with E-state index in [2.05, 4.69) is 6.92 Å². The molecule has 0 aromatic rings. The Balaban J connectivity index is 2.19. The third kappa shape index (κ3) is 3.92. The van der Waals surface area contributed by atoms with E-state index in [0.29, 0.717) is 18.6 Å². The zero-order valence-electron chi connectivity index (χ0n) is 8.61. The van der Waals surface area contributed by atoms with Gasteiger partial charge in [-0.25, -0.2) is 4.79 Å². The van der Waals surface area contributed by atoms with Crippen molar-refractivity contribution in [3.8, 4) is 0 Å². The minimum absolute atomic E-state index is 0.321. The number of carboxylic acid groups (broad SMARTS) is 1. The number of ether oxygens (including phenoxy) is 1. The van der Waals surface area contributed by atoms with E-state index in [1.54, 1.807) is 6.08 Å². The van der Waals surface area contributed by atoms with Crippen LogP contribution in [0.25, 0.3) is 0 Å². The minimum atomic E-state index is -0.912. The summed E-state index contributed by atoms with van der Waals surface area (Å²) < 4.78 is 5.60. The third-order valence-corrected chi connectivity index (χ3v) is 2.70. The molecule has 0 spiro atoms. The highest BCUT2D eigenvalue weighted by molar-refractivity contribution is 5.79. The number of carbonyl (C=O) groups is 1. The van der Waals surface area contributed by atoms with Crippen LogP contribution in [0.1, 0.15) is 32.6 Å². The Kier molecular flexibility index (Phi) is 4.66. The second-order valence-corrected chi connectivity index (χ2v) is 3.87. The molecule has 3 heteroatoms. The van der Waals surface area contributed by atoms with E-state index in [-0.39, 0.29) is 0 Å². The average molecular weight is 198 g/mol. The van der Waals surface area contributed by atoms with Crippen LogP contribution in [0, 0.1) is 5.92 Å². The molecule has 0 aliphatic heterocycles. The molecule has 0 aromatic heterocycles. The predicted molar refractivity (Wildman–Crippen MR) is 54.1 cm³/mol. The average Bonchev–Trinajstić information content (AvgIpc) is 2.15. The van der Waals surface area contributed by atoms with Crippen molar-refractivity contribution in [1.82, 2.24) is 0 Å². The van der Waals surface area contributed by atoms with Crippen molar-refractivity contribution in [3.05, 3.63) is 12.2 Å². The van der Waals surface area contributed by atoms with Crippen LogP contribution in [0.5, 0.6) is 0 Å². The number of hydrogen-bond acceptors (Lipinski definition) is 2. The van der Waals surface area contributed by atoms with E-state index in [4.69, 9.17) is 9.84 Å². The van der Waals surface area contributed by atoms with Crippen molar-refractivity contribution >= 4 is 5.97 Å². The van der Waals surface area contributed by atoms with Crippen molar-refractivity contribution in [3.63, 3.8) is 0 Å². The maximum absolute atomic E-state index is 10.2. The van der Waals surface area contributed by atoms with Crippen LogP contribution in [0.15, 0.2) is 12.2 Å². The van der Waals surface area contributed by atoms with Gasteiger partial charge >= 0.3 is 5.97 Å². The summed E-state index contributed by atoms with van der Waals surface area (Å²) in [6.07, 6.45) is 7.89. The smallest absolute Gasteiger partial charge is 0.328 e. The lowest BCUT2D eigenvalue weighted by molar-refractivity contribution is -0.131. The van der Waals surface area contributed by atoms with Crippen molar-refractivity contribution in [1.29, 1.82) is 0 Å². The molecule has 0 amide bonds. The normalized spacial score (nSPS) is 28.1. The van der Waals surface area contributed by atoms with Crippen molar-refractivity contribution in [2.75, 3.05) is 6.61 Å². The molecule has 0 radical (unpaired) electrons. The molecule has 0 saturated heterocycles. The summed E-state index contributed by atoms with van der Waals surface area (Å²) in [6, 6.07) is 0. The SMILES string of the molecule is CC1CCCCC1OC/C=C/C(=O)O. The van der Waals surface area contributed by atoms with Gasteiger partial charge in [0, 0.05) is 6.08 Å². The molecule has 14 heavy (non-hydrogen) atoms. The molecule has 80 valence electrons. The molecule has 2 unspecified atom stereocenters. The van der Waals surface area contributed by atoms with Gasteiger partial charge < -0.3 is 9.84 Å². The van der Waals surface area contributed by atoms with Gasteiger partial charge in [-0.05, 0) is 18.8 Å². The Morgan fingerprint density at radius 3 is 2.86 bits per heavy atom. The molecule has 3 nitrogen and oxygen atoms in total.